The lowest BCUT2D eigenvalue weighted by molar-refractivity contribution is -0.0974. The van der Waals surface area contributed by atoms with Gasteiger partial charge in [0.2, 0.25) is 0 Å². The Morgan fingerprint density at radius 3 is 2.71 bits per heavy atom. The fourth-order valence-electron chi connectivity index (χ4n) is 1.21. The summed E-state index contributed by atoms with van der Waals surface area (Å²) in [5.74, 6) is -0.268. The Labute approximate surface area is 113 Å². The van der Waals surface area contributed by atoms with Gasteiger partial charge in [-0.15, -0.1) is 0 Å². The third-order valence-electron chi connectivity index (χ3n) is 2.15. The van der Waals surface area contributed by atoms with Crippen molar-refractivity contribution in [2.24, 2.45) is 0 Å². The van der Waals surface area contributed by atoms with E-state index in [9.17, 15) is 4.79 Å². The van der Waals surface area contributed by atoms with Gasteiger partial charge in [0, 0.05) is 18.7 Å². The van der Waals surface area contributed by atoms with Crippen molar-refractivity contribution < 1.29 is 14.3 Å². The number of nitrogens with one attached hydrogen (secondary N) is 1. The molecule has 1 aromatic carbocycles. The Hall–Kier alpha value is -0.620. The molecule has 1 amide bonds. The van der Waals surface area contributed by atoms with Crippen LogP contribution in [0.25, 0.3) is 0 Å². The van der Waals surface area contributed by atoms with E-state index in [2.05, 4.69) is 21.2 Å². The lowest BCUT2D eigenvalue weighted by atomic mass is 10.2. The van der Waals surface area contributed by atoms with E-state index in [1.807, 2.05) is 0 Å². The predicted octanol–water partition coefficient (Wildman–Crippen LogP) is 2.45. The number of rotatable bonds is 5. The molecule has 4 nitrogen and oxygen atoms in total. The third kappa shape index (κ3) is 3.96. The minimum absolute atomic E-state index is 0.259. The lowest BCUT2D eigenvalue weighted by Crippen LogP contribution is -2.34. The van der Waals surface area contributed by atoms with Crippen LogP contribution in [0.3, 0.4) is 0 Å². The molecule has 0 aliphatic heterocycles. The molecule has 0 fully saturated rings. The van der Waals surface area contributed by atoms with Crippen molar-refractivity contribution in [1.82, 2.24) is 5.32 Å². The van der Waals surface area contributed by atoms with Crippen LogP contribution in [0, 0.1) is 0 Å². The van der Waals surface area contributed by atoms with Crippen molar-refractivity contribution in [3.8, 4) is 0 Å². The van der Waals surface area contributed by atoms with Crippen molar-refractivity contribution in [3.05, 3.63) is 33.3 Å². The molecular weight excluding hydrogens is 309 g/mol. The molecule has 0 atom stereocenters. The summed E-state index contributed by atoms with van der Waals surface area (Å²) in [6, 6.07) is 5.16. The van der Waals surface area contributed by atoms with Gasteiger partial charge in [0.1, 0.15) is 0 Å². The van der Waals surface area contributed by atoms with Crippen LogP contribution < -0.4 is 5.32 Å². The smallest absolute Gasteiger partial charge is 0.253 e. The van der Waals surface area contributed by atoms with Crippen LogP contribution in [0.4, 0.5) is 0 Å². The summed E-state index contributed by atoms with van der Waals surface area (Å²) in [5.41, 5.74) is 0.409. The summed E-state index contributed by atoms with van der Waals surface area (Å²) in [5, 5.41) is 3.06. The molecule has 6 heteroatoms. The molecule has 1 aromatic rings. The van der Waals surface area contributed by atoms with Crippen LogP contribution in [-0.4, -0.2) is 33.0 Å². The van der Waals surface area contributed by atoms with Gasteiger partial charge in [-0.25, -0.2) is 0 Å². The fraction of sp³-hybridized carbons (Fsp3) is 0.364. The monoisotopic (exact) mass is 321 g/mol. The number of methoxy groups -OCH3 is 2. The van der Waals surface area contributed by atoms with Crippen LogP contribution in [0.1, 0.15) is 10.4 Å². The highest BCUT2D eigenvalue weighted by molar-refractivity contribution is 9.10. The summed E-state index contributed by atoms with van der Waals surface area (Å²) in [4.78, 5) is 11.8. The van der Waals surface area contributed by atoms with E-state index in [-0.39, 0.29) is 12.5 Å². The molecule has 0 heterocycles. The molecule has 1 rings (SSSR count). The van der Waals surface area contributed by atoms with E-state index in [0.717, 1.165) is 0 Å². The van der Waals surface area contributed by atoms with Crippen molar-refractivity contribution in [1.29, 1.82) is 0 Å². The van der Waals surface area contributed by atoms with Crippen molar-refractivity contribution in [3.63, 3.8) is 0 Å². The van der Waals surface area contributed by atoms with Gasteiger partial charge in [0.25, 0.3) is 5.91 Å². The van der Waals surface area contributed by atoms with Gasteiger partial charge in [-0.1, -0.05) is 17.7 Å². The SMILES string of the molecule is COC(CNC(=O)c1cccc(Br)c1Cl)OC. The van der Waals surface area contributed by atoms with E-state index in [1.165, 1.54) is 14.2 Å². The number of benzene rings is 1. The molecule has 0 spiro atoms. The molecule has 0 bridgehead atoms. The van der Waals surface area contributed by atoms with Crippen molar-refractivity contribution in [2.45, 2.75) is 6.29 Å². The van der Waals surface area contributed by atoms with Gasteiger partial charge >= 0.3 is 0 Å². The number of ether oxygens (including phenoxy) is 2. The lowest BCUT2D eigenvalue weighted by Gasteiger charge is -2.14. The van der Waals surface area contributed by atoms with Gasteiger partial charge in [-0.2, -0.15) is 0 Å². The topological polar surface area (TPSA) is 47.6 Å². The average molecular weight is 323 g/mol. The number of halogens is 2. The second-order valence-electron chi connectivity index (χ2n) is 3.21. The molecule has 0 radical (unpaired) electrons. The molecule has 0 aliphatic carbocycles. The highest BCUT2D eigenvalue weighted by Gasteiger charge is 2.13. The normalized spacial score (nSPS) is 10.6. The highest BCUT2D eigenvalue weighted by atomic mass is 79.9. The summed E-state index contributed by atoms with van der Waals surface area (Å²) in [6.45, 7) is 0.259. The number of hydrogen-bond donors (Lipinski definition) is 1. The minimum Gasteiger partial charge on any atom is -0.354 e. The predicted molar refractivity (Wildman–Crippen MR) is 69.3 cm³/mol. The van der Waals surface area contributed by atoms with Gasteiger partial charge in [0.05, 0.1) is 17.1 Å². The first-order valence-electron chi connectivity index (χ1n) is 4.88. The van der Waals surface area contributed by atoms with Crippen LogP contribution in [-0.2, 0) is 9.47 Å². The van der Waals surface area contributed by atoms with E-state index in [4.69, 9.17) is 21.1 Å². The first-order chi connectivity index (χ1) is 8.10. The Morgan fingerprint density at radius 1 is 1.47 bits per heavy atom. The standard InChI is InChI=1S/C11H13BrClNO3/c1-16-9(17-2)6-14-11(15)7-4-3-5-8(12)10(7)13/h3-5,9H,6H2,1-2H3,(H,14,15). The average Bonchev–Trinajstić information content (AvgIpc) is 2.33. The fourth-order valence-corrected chi connectivity index (χ4v) is 1.79. The first kappa shape index (κ1) is 14.4. The molecule has 0 aliphatic rings. The number of hydrogen-bond acceptors (Lipinski definition) is 3. The molecule has 0 saturated carbocycles. The van der Waals surface area contributed by atoms with E-state index >= 15 is 0 Å². The summed E-state index contributed by atoms with van der Waals surface area (Å²) in [7, 11) is 3.01. The summed E-state index contributed by atoms with van der Waals surface area (Å²) in [6.07, 6.45) is -0.468. The second-order valence-corrected chi connectivity index (χ2v) is 4.44. The van der Waals surface area contributed by atoms with Crippen molar-refractivity contribution >= 4 is 33.4 Å². The van der Waals surface area contributed by atoms with Crippen LogP contribution in [0.2, 0.25) is 5.02 Å². The number of amides is 1. The maximum Gasteiger partial charge on any atom is 0.253 e. The third-order valence-corrected chi connectivity index (χ3v) is 3.45. The summed E-state index contributed by atoms with van der Waals surface area (Å²) >= 11 is 9.26. The van der Waals surface area contributed by atoms with E-state index < -0.39 is 6.29 Å². The summed E-state index contributed by atoms with van der Waals surface area (Å²) < 4.78 is 10.6. The zero-order valence-electron chi connectivity index (χ0n) is 9.50. The van der Waals surface area contributed by atoms with Crippen LogP contribution in [0.15, 0.2) is 22.7 Å². The molecule has 1 N–H and O–H groups in total. The molecule has 0 saturated heterocycles. The van der Waals surface area contributed by atoms with Gasteiger partial charge in [0.15, 0.2) is 6.29 Å². The van der Waals surface area contributed by atoms with Crippen LogP contribution >= 0.6 is 27.5 Å². The van der Waals surface area contributed by atoms with Gasteiger partial charge in [-0.3, -0.25) is 4.79 Å². The maximum absolute atomic E-state index is 11.8. The largest absolute Gasteiger partial charge is 0.354 e. The molecule has 94 valence electrons. The molecule has 0 aromatic heterocycles. The Balaban J connectivity index is 2.67. The van der Waals surface area contributed by atoms with Gasteiger partial charge in [-0.05, 0) is 28.1 Å². The highest BCUT2D eigenvalue weighted by Crippen LogP contribution is 2.25. The molecule has 17 heavy (non-hydrogen) atoms. The quantitative estimate of drug-likeness (QED) is 0.847. The van der Waals surface area contributed by atoms with E-state index in [1.54, 1.807) is 18.2 Å². The molecular formula is C11H13BrClNO3. The Morgan fingerprint density at radius 2 is 2.12 bits per heavy atom. The zero-order chi connectivity index (χ0) is 12.8. The Kier molecular flexibility index (Phi) is 5.91. The van der Waals surface area contributed by atoms with Crippen LogP contribution in [0.5, 0.6) is 0 Å². The minimum atomic E-state index is -0.468. The Bertz CT molecular complexity index is 396. The van der Waals surface area contributed by atoms with Gasteiger partial charge < -0.3 is 14.8 Å². The zero-order valence-corrected chi connectivity index (χ0v) is 11.8. The van der Waals surface area contributed by atoms with E-state index in [0.29, 0.717) is 15.1 Å². The first-order valence-corrected chi connectivity index (χ1v) is 6.05. The number of carbonyl (C=O) groups is 1. The second kappa shape index (κ2) is 6.96. The number of carbonyl (C=O) groups excluding carboxylic acids is 1. The molecule has 0 unspecified atom stereocenters. The van der Waals surface area contributed by atoms with Crippen molar-refractivity contribution in [2.75, 3.05) is 20.8 Å². The maximum atomic E-state index is 11.8.